The van der Waals surface area contributed by atoms with Crippen LogP contribution in [0.2, 0.25) is 0 Å². The Morgan fingerprint density at radius 1 is 0.738 bits per heavy atom. The predicted octanol–water partition coefficient (Wildman–Crippen LogP) is 7.00. The zero-order chi connectivity index (χ0) is 30.8. The first-order valence-electron chi connectivity index (χ1n) is 15.3. The molecule has 0 saturated carbocycles. The van der Waals surface area contributed by atoms with Gasteiger partial charge >= 0.3 is 14.6 Å². The van der Waals surface area contributed by atoms with Crippen LogP contribution >= 0.6 is 0 Å². The van der Waals surface area contributed by atoms with Crippen molar-refractivity contribution in [2.24, 2.45) is 0 Å². The van der Waals surface area contributed by atoms with E-state index >= 15 is 0 Å². The highest BCUT2D eigenvalue weighted by Gasteiger charge is 2.51. The van der Waals surface area contributed by atoms with E-state index in [2.05, 4.69) is 140 Å². The zero-order valence-electron chi connectivity index (χ0n) is 27.4. The van der Waals surface area contributed by atoms with Crippen molar-refractivity contribution in [2.45, 2.75) is 104 Å². The molecule has 1 heterocycles. The third kappa shape index (κ3) is 6.97. The van der Waals surface area contributed by atoms with Gasteiger partial charge in [-0.05, 0) is 116 Å². The number of methoxy groups -OCH3 is 1. The normalized spacial score (nSPS) is 16.5. The molecule has 42 heavy (non-hydrogen) atoms. The van der Waals surface area contributed by atoms with Gasteiger partial charge < -0.3 is 23.6 Å². The number of hydrogen-bond donors (Lipinski definition) is 0. The second-order valence-corrected chi connectivity index (χ2v) is 13.5. The maximum absolute atomic E-state index is 6.32. The summed E-state index contributed by atoms with van der Waals surface area (Å²) < 4.78 is 24.6. The lowest BCUT2D eigenvalue weighted by Crippen LogP contribution is -2.50. The van der Waals surface area contributed by atoms with Crippen molar-refractivity contribution in [2.75, 3.05) is 12.0 Å². The van der Waals surface area contributed by atoms with Gasteiger partial charge in [0.2, 0.25) is 0 Å². The van der Waals surface area contributed by atoms with Gasteiger partial charge in [0, 0.05) is 24.2 Å². The van der Waals surface area contributed by atoms with Crippen LogP contribution in [-0.2, 0) is 25.1 Å². The van der Waals surface area contributed by atoms with E-state index in [0.29, 0.717) is 7.48 Å². The van der Waals surface area contributed by atoms with E-state index in [-0.39, 0.29) is 18.3 Å². The topological polar surface area (TPSA) is 40.2 Å². The minimum atomic E-state index is -0.440. The molecule has 0 atom stereocenters. The van der Waals surface area contributed by atoms with Crippen LogP contribution in [-0.4, -0.2) is 44.1 Å². The van der Waals surface area contributed by atoms with Crippen LogP contribution in [0.25, 0.3) is 0 Å². The Bertz CT molecular complexity index is 1290. The van der Waals surface area contributed by atoms with Gasteiger partial charge in [0.05, 0.1) is 22.4 Å². The first-order valence-corrected chi connectivity index (χ1v) is 15.3. The van der Waals surface area contributed by atoms with Crippen molar-refractivity contribution in [1.82, 2.24) is 0 Å². The highest BCUT2D eigenvalue weighted by atomic mass is 16.7. The SMILES string of the molecule is CCCCc1ccc(N(c2ccc(BOC(C)(C)C(C)(C)OC)cc2)c2ccc(B3OC(C)(C)C(C)(C)O3)cc2)cc1. The fourth-order valence-corrected chi connectivity index (χ4v) is 4.82. The molecule has 7 heteroatoms. The molecule has 224 valence electrons. The first kappa shape index (κ1) is 32.3. The zero-order valence-corrected chi connectivity index (χ0v) is 27.4. The lowest BCUT2D eigenvalue weighted by Gasteiger charge is -2.40. The molecule has 5 nitrogen and oxygen atoms in total. The first-order chi connectivity index (χ1) is 19.7. The van der Waals surface area contributed by atoms with Crippen molar-refractivity contribution in [1.29, 1.82) is 0 Å². The largest absolute Gasteiger partial charge is 0.494 e. The summed E-state index contributed by atoms with van der Waals surface area (Å²) in [5, 5.41) is 0. The quantitative estimate of drug-likeness (QED) is 0.220. The van der Waals surface area contributed by atoms with Crippen molar-refractivity contribution < 1.29 is 18.7 Å². The Morgan fingerprint density at radius 2 is 1.21 bits per heavy atom. The maximum Gasteiger partial charge on any atom is 0.494 e. The Balaban J connectivity index is 1.60. The van der Waals surface area contributed by atoms with Crippen LogP contribution in [0.4, 0.5) is 17.1 Å². The summed E-state index contributed by atoms with van der Waals surface area (Å²) in [6, 6.07) is 26.1. The number of nitrogens with zero attached hydrogens (tertiary/aromatic N) is 1. The number of rotatable bonds is 12. The summed E-state index contributed by atoms with van der Waals surface area (Å²) in [4.78, 5) is 2.29. The van der Waals surface area contributed by atoms with Gasteiger partial charge in [-0.2, -0.15) is 0 Å². The van der Waals surface area contributed by atoms with Gasteiger partial charge in [-0.3, -0.25) is 0 Å². The van der Waals surface area contributed by atoms with E-state index in [9.17, 15) is 0 Å². The number of hydrogen-bond acceptors (Lipinski definition) is 5. The molecule has 0 aromatic heterocycles. The Hall–Kier alpha value is -2.57. The van der Waals surface area contributed by atoms with E-state index in [1.807, 2.05) is 0 Å². The molecule has 1 aliphatic rings. The summed E-state index contributed by atoms with van der Waals surface area (Å²) in [5.74, 6) is 0. The molecule has 0 aliphatic carbocycles. The van der Waals surface area contributed by atoms with Crippen LogP contribution in [0, 0.1) is 0 Å². The minimum Gasteiger partial charge on any atom is -0.427 e. The molecule has 1 fully saturated rings. The molecule has 3 aromatic carbocycles. The highest BCUT2D eigenvalue weighted by molar-refractivity contribution is 6.62. The maximum atomic E-state index is 6.32. The lowest BCUT2D eigenvalue weighted by atomic mass is 9.79. The second kappa shape index (κ2) is 12.6. The molecule has 0 radical (unpaired) electrons. The van der Waals surface area contributed by atoms with Gasteiger partial charge in [-0.25, -0.2) is 0 Å². The summed E-state index contributed by atoms with van der Waals surface area (Å²) in [6.07, 6.45) is 3.50. The van der Waals surface area contributed by atoms with Crippen molar-refractivity contribution in [3.05, 3.63) is 78.4 Å². The highest BCUT2D eigenvalue weighted by Crippen LogP contribution is 2.38. The summed E-state index contributed by atoms with van der Waals surface area (Å²) in [7, 11) is 1.85. The lowest BCUT2D eigenvalue weighted by molar-refractivity contribution is -0.114. The third-order valence-electron chi connectivity index (χ3n) is 9.44. The average molecular weight is 569 g/mol. The standard InChI is InChI=1S/C35H49B2NO4/c1-11-12-13-26-14-20-29(21-15-26)38(30-22-16-27(17-23-30)36-40-33(4,5)32(2,3)39-10)31-24-18-28(19-25-31)37-41-34(6,7)35(8,9)42-37/h14-25,36H,11-13H2,1-10H3. The average Bonchev–Trinajstić information content (AvgIpc) is 3.18. The Labute approximate surface area is 255 Å². The number of ether oxygens (including phenoxy) is 1. The van der Waals surface area contributed by atoms with E-state index in [1.54, 1.807) is 7.11 Å². The molecule has 1 saturated heterocycles. The van der Waals surface area contributed by atoms with Gasteiger partial charge in [0.15, 0.2) is 0 Å². The molecule has 0 unspecified atom stereocenters. The molecule has 4 rings (SSSR count). The minimum absolute atomic E-state index is 0.373. The van der Waals surface area contributed by atoms with E-state index in [0.717, 1.165) is 34.4 Å². The Kier molecular flexibility index (Phi) is 9.69. The van der Waals surface area contributed by atoms with Gasteiger partial charge in [-0.15, -0.1) is 0 Å². The van der Waals surface area contributed by atoms with Crippen LogP contribution in [0.3, 0.4) is 0 Å². The van der Waals surface area contributed by atoms with Crippen molar-refractivity contribution in [3.8, 4) is 0 Å². The number of aryl methyl sites for hydroxylation is 1. The molecule has 1 aliphatic heterocycles. The van der Waals surface area contributed by atoms with E-state index < -0.39 is 11.2 Å². The summed E-state index contributed by atoms with van der Waals surface area (Å²) in [6.45, 7) is 18.8. The van der Waals surface area contributed by atoms with Gasteiger partial charge in [0.25, 0.3) is 0 Å². The smallest absolute Gasteiger partial charge is 0.427 e. The van der Waals surface area contributed by atoms with E-state index in [4.69, 9.17) is 18.7 Å². The summed E-state index contributed by atoms with van der Waals surface area (Å²) >= 11 is 0. The second-order valence-electron chi connectivity index (χ2n) is 13.5. The van der Waals surface area contributed by atoms with E-state index in [1.165, 1.54) is 18.4 Å². The van der Waals surface area contributed by atoms with Gasteiger partial charge in [-0.1, -0.05) is 55.2 Å². The third-order valence-corrected chi connectivity index (χ3v) is 9.44. The van der Waals surface area contributed by atoms with Crippen LogP contribution in [0.15, 0.2) is 72.8 Å². The van der Waals surface area contributed by atoms with Crippen LogP contribution in [0.1, 0.15) is 80.7 Å². The summed E-state index contributed by atoms with van der Waals surface area (Å²) in [5.41, 5.74) is 5.18. The number of anilines is 3. The van der Waals surface area contributed by atoms with Gasteiger partial charge in [0.1, 0.15) is 0 Å². The van der Waals surface area contributed by atoms with Crippen molar-refractivity contribution in [3.63, 3.8) is 0 Å². The molecular formula is C35H49B2NO4. The van der Waals surface area contributed by atoms with Crippen LogP contribution in [0.5, 0.6) is 0 Å². The molecular weight excluding hydrogens is 520 g/mol. The fourth-order valence-electron chi connectivity index (χ4n) is 4.82. The molecule has 3 aromatic rings. The van der Waals surface area contributed by atoms with Crippen LogP contribution < -0.4 is 15.8 Å². The molecule has 0 spiro atoms. The molecule has 0 bridgehead atoms. The predicted molar refractivity (Wildman–Crippen MR) is 178 cm³/mol. The fraction of sp³-hybridized carbons (Fsp3) is 0.486. The number of benzene rings is 3. The van der Waals surface area contributed by atoms with Crippen molar-refractivity contribution >= 4 is 42.6 Å². The Morgan fingerprint density at radius 3 is 1.69 bits per heavy atom. The monoisotopic (exact) mass is 569 g/mol. The molecule has 0 N–H and O–H groups in total. The number of unbranched alkanes of at least 4 members (excludes halogenated alkanes) is 1. The molecule has 0 amide bonds.